The Labute approximate surface area is 168 Å². The number of aryl methyl sites for hydroxylation is 1. The highest BCUT2D eigenvalue weighted by molar-refractivity contribution is 5.73. The minimum absolute atomic E-state index is 0.0109. The number of carbonyl (C=O) groups excluding carboxylic acids is 1. The zero-order valence-electron chi connectivity index (χ0n) is 16.4. The molecule has 0 radical (unpaired) electrons. The standard InChI is InChI=1S/C21H22FN5O2/c1-13-11-23-21(29-13)18-10-19(24-17-7-3-6-16(22)9-17)26-20(25-18)15-5-4-8-27(12-15)14(2)28/h3,6-7,9-11,15H,4-5,8,12H2,1-2H3,(H,24,25,26). The van der Waals surface area contributed by atoms with E-state index in [4.69, 9.17) is 4.42 Å². The number of rotatable bonds is 4. The van der Waals surface area contributed by atoms with Gasteiger partial charge in [0, 0.05) is 37.7 Å². The molecule has 1 atom stereocenters. The molecule has 1 fully saturated rings. The van der Waals surface area contributed by atoms with Gasteiger partial charge in [-0.15, -0.1) is 0 Å². The van der Waals surface area contributed by atoms with Crippen LogP contribution in [0.3, 0.4) is 0 Å². The number of halogens is 1. The highest BCUT2D eigenvalue weighted by atomic mass is 19.1. The van der Waals surface area contributed by atoms with E-state index in [1.807, 2.05) is 11.8 Å². The van der Waals surface area contributed by atoms with Gasteiger partial charge in [0.1, 0.15) is 28.9 Å². The van der Waals surface area contributed by atoms with Crippen LogP contribution in [-0.4, -0.2) is 38.8 Å². The van der Waals surface area contributed by atoms with E-state index in [-0.39, 0.29) is 17.6 Å². The first kappa shape index (κ1) is 19.0. The Morgan fingerprint density at radius 1 is 1.31 bits per heavy atom. The van der Waals surface area contributed by atoms with Gasteiger partial charge in [0.15, 0.2) is 0 Å². The molecule has 1 unspecified atom stereocenters. The molecule has 150 valence electrons. The zero-order valence-corrected chi connectivity index (χ0v) is 16.4. The smallest absolute Gasteiger partial charge is 0.245 e. The first-order valence-corrected chi connectivity index (χ1v) is 9.58. The summed E-state index contributed by atoms with van der Waals surface area (Å²) in [6.45, 7) is 4.71. The molecule has 7 nitrogen and oxygen atoms in total. The number of oxazole rings is 1. The second kappa shape index (κ2) is 7.98. The summed E-state index contributed by atoms with van der Waals surface area (Å²) >= 11 is 0. The third kappa shape index (κ3) is 4.42. The highest BCUT2D eigenvalue weighted by Gasteiger charge is 2.26. The van der Waals surface area contributed by atoms with Crippen LogP contribution >= 0.6 is 0 Å². The molecule has 8 heteroatoms. The van der Waals surface area contributed by atoms with Crippen molar-refractivity contribution in [2.75, 3.05) is 18.4 Å². The lowest BCUT2D eigenvalue weighted by Gasteiger charge is -2.31. The van der Waals surface area contributed by atoms with E-state index in [0.29, 0.717) is 41.2 Å². The largest absolute Gasteiger partial charge is 0.440 e. The minimum Gasteiger partial charge on any atom is -0.440 e. The Morgan fingerprint density at radius 3 is 2.90 bits per heavy atom. The van der Waals surface area contributed by atoms with Gasteiger partial charge in [0.2, 0.25) is 11.8 Å². The lowest BCUT2D eigenvalue weighted by molar-refractivity contribution is -0.130. The fraction of sp³-hybridized carbons (Fsp3) is 0.333. The summed E-state index contributed by atoms with van der Waals surface area (Å²) in [5, 5.41) is 3.13. The molecule has 4 rings (SSSR count). The predicted octanol–water partition coefficient (Wildman–Crippen LogP) is 4.05. The summed E-state index contributed by atoms with van der Waals surface area (Å²) in [5.41, 5.74) is 1.13. The number of carbonyl (C=O) groups is 1. The number of anilines is 2. The van der Waals surface area contributed by atoms with Gasteiger partial charge in [-0.2, -0.15) is 0 Å². The molecule has 0 aliphatic carbocycles. The van der Waals surface area contributed by atoms with Crippen LogP contribution < -0.4 is 5.32 Å². The molecule has 0 bridgehead atoms. The summed E-state index contributed by atoms with van der Waals surface area (Å²) in [6.07, 6.45) is 3.41. The van der Waals surface area contributed by atoms with Gasteiger partial charge in [-0.1, -0.05) is 6.07 Å². The molecule has 1 aromatic carbocycles. The van der Waals surface area contributed by atoms with Gasteiger partial charge < -0.3 is 14.6 Å². The Balaban J connectivity index is 1.71. The molecule has 3 heterocycles. The average molecular weight is 395 g/mol. The molecule has 1 amide bonds. The maximum Gasteiger partial charge on any atom is 0.245 e. The second-order valence-corrected chi connectivity index (χ2v) is 7.21. The molecule has 0 spiro atoms. The molecule has 0 saturated carbocycles. The van der Waals surface area contributed by atoms with Gasteiger partial charge >= 0.3 is 0 Å². The van der Waals surface area contributed by atoms with E-state index in [1.54, 1.807) is 31.3 Å². The average Bonchev–Trinajstić information content (AvgIpc) is 3.14. The predicted molar refractivity (Wildman–Crippen MR) is 106 cm³/mol. The highest BCUT2D eigenvalue weighted by Crippen LogP contribution is 2.29. The molecule has 1 saturated heterocycles. The van der Waals surface area contributed by atoms with Crippen molar-refractivity contribution in [3.63, 3.8) is 0 Å². The van der Waals surface area contributed by atoms with Gasteiger partial charge in [-0.25, -0.2) is 19.3 Å². The number of hydrogen-bond donors (Lipinski definition) is 1. The normalized spacial score (nSPS) is 16.7. The Bertz CT molecular complexity index is 1040. The number of amides is 1. The first-order valence-electron chi connectivity index (χ1n) is 9.58. The summed E-state index contributed by atoms with van der Waals surface area (Å²) in [6, 6.07) is 7.90. The first-order chi connectivity index (χ1) is 14.0. The van der Waals surface area contributed by atoms with Crippen LogP contribution in [0.4, 0.5) is 15.9 Å². The SMILES string of the molecule is CC(=O)N1CCCC(c2nc(Nc3cccc(F)c3)cc(-c3ncc(C)o3)n2)C1. The minimum atomic E-state index is -0.336. The van der Waals surface area contributed by atoms with Gasteiger partial charge in [0.25, 0.3) is 0 Å². The lowest BCUT2D eigenvalue weighted by Crippen LogP contribution is -2.38. The third-order valence-electron chi connectivity index (χ3n) is 4.91. The van der Waals surface area contributed by atoms with Crippen LogP contribution in [0, 0.1) is 12.7 Å². The van der Waals surface area contributed by atoms with E-state index < -0.39 is 0 Å². The number of nitrogens with one attached hydrogen (secondary N) is 1. The molecule has 3 aromatic rings. The van der Waals surface area contributed by atoms with Crippen molar-refractivity contribution in [3.8, 4) is 11.6 Å². The molecular weight excluding hydrogens is 373 g/mol. The van der Waals surface area contributed by atoms with E-state index in [1.165, 1.54) is 12.1 Å². The molecule has 1 aliphatic rings. The van der Waals surface area contributed by atoms with E-state index >= 15 is 0 Å². The Hall–Kier alpha value is -3.29. The molecule has 2 aromatic heterocycles. The van der Waals surface area contributed by atoms with Gasteiger partial charge in [-0.3, -0.25) is 4.79 Å². The van der Waals surface area contributed by atoms with E-state index in [2.05, 4.69) is 20.3 Å². The van der Waals surface area contributed by atoms with E-state index in [9.17, 15) is 9.18 Å². The van der Waals surface area contributed by atoms with Crippen LogP contribution in [0.15, 0.2) is 40.9 Å². The summed E-state index contributed by atoms with van der Waals surface area (Å²) in [7, 11) is 0. The third-order valence-corrected chi connectivity index (χ3v) is 4.91. The van der Waals surface area contributed by atoms with Gasteiger partial charge in [-0.05, 0) is 38.0 Å². The topological polar surface area (TPSA) is 84.2 Å². The van der Waals surface area contributed by atoms with Crippen molar-refractivity contribution < 1.29 is 13.6 Å². The second-order valence-electron chi connectivity index (χ2n) is 7.21. The number of hydrogen-bond acceptors (Lipinski definition) is 6. The summed E-state index contributed by atoms with van der Waals surface area (Å²) in [5.74, 6) is 1.93. The van der Waals surface area contributed by atoms with Crippen molar-refractivity contribution in [1.82, 2.24) is 19.9 Å². The Kier molecular flexibility index (Phi) is 5.24. The quantitative estimate of drug-likeness (QED) is 0.717. The zero-order chi connectivity index (χ0) is 20.4. The lowest BCUT2D eigenvalue weighted by atomic mass is 9.97. The fourth-order valence-corrected chi connectivity index (χ4v) is 3.48. The van der Waals surface area contributed by atoms with Crippen LogP contribution in [0.25, 0.3) is 11.6 Å². The van der Waals surface area contributed by atoms with Crippen molar-refractivity contribution in [3.05, 3.63) is 53.9 Å². The van der Waals surface area contributed by atoms with Crippen molar-refractivity contribution >= 4 is 17.4 Å². The Morgan fingerprint density at radius 2 is 2.17 bits per heavy atom. The van der Waals surface area contributed by atoms with Crippen LogP contribution in [-0.2, 0) is 4.79 Å². The van der Waals surface area contributed by atoms with Crippen molar-refractivity contribution in [1.29, 1.82) is 0 Å². The fourth-order valence-electron chi connectivity index (χ4n) is 3.48. The summed E-state index contributed by atoms with van der Waals surface area (Å²) < 4.78 is 19.2. The number of piperidine rings is 1. The van der Waals surface area contributed by atoms with Crippen LogP contribution in [0.1, 0.15) is 37.3 Å². The maximum atomic E-state index is 13.6. The van der Waals surface area contributed by atoms with Gasteiger partial charge in [0.05, 0.1) is 6.20 Å². The number of benzene rings is 1. The van der Waals surface area contributed by atoms with Crippen molar-refractivity contribution in [2.45, 2.75) is 32.6 Å². The molecule has 29 heavy (non-hydrogen) atoms. The summed E-state index contributed by atoms with van der Waals surface area (Å²) in [4.78, 5) is 27.2. The van der Waals surface area contributed by atoms with E-state index in [0.717, 1.165) is 19.4 Å². The number of aromatic nitrogens is 3. The van der Waals surface area contributed by atoms with Crippen molar-refractivity contribution in [2.24, 2.45) is 0 Å². The molecular formula is C21H22FN5O2. The molecule has 1 N–H and O–H groups in total. The number of likely N-dealkylation sites (tertiary alicyclic amines) is 1. The maximum absolute atomic E-state index is 13.6. The number of nitrogens with zero attached hydrogens (tertiary/aromatic N) is 4. The molecule has 1 aliphatic heterocycles. The monoisotopic (exact) mass is 395 g/mol. The van der Waals surface area contributed by atoms with Crippen LogP contribution in [0.5, 0.6) is 0 Å². The van der Waals surface area contributed by atoms with Crippen LogP contribution in [0.2, 0.25) is 0 Å².